The number of carbonyl (C=O) groups is 1. The number of nitrogens with zero attached hydrogens (tertiary/aromatic N) is 1. The second-order valence-electron chi connectivity index (χ2n) is 6.00. The Morgan fingerprint density at radius 2 is 1.29 bits per heavy atom. The van der Waals surface area contributed by atoms with Gasteiger partial charge in [0.2, 0.25) is 5.91 Å². The number of benzene rings is 3. The zero-order chi connectivity index (χ0) is 16.5. The van der Waals surface area contributed by atoms with Crippen LogP contribution >= 0.6 is 0 Å². The second kappa shape index (κ2) is 5.95. The third-order valence-corrected chi connectivity index (χ3v) is 4.42. The molecule has 0 saturated heterocycles. The minimum absolute atomic E-state index is 0.0729. The van der Waals surface area contributed by atoms with E-state index in [9.17, 15) is 4.79 Å². The minimum atomic E-state index is -0.577. The first-order valence-electron chi connectivity index (χ1n) is 8.07. The lowest BCUT2D eigenvalue weighted by molar-refractivity contribution is 0.0889. The molecular formula is C21H18N2O. The van der Waals surface area contributed by atoms with E-state index in [1.807, 2.05) is 78.9 Å². The van der Waals surface area contributed by atoms with E-state index >= 15 is 0 Å². The molecule has 1 heterocycles. The van der Waals surface area contributed by atoms with Crippen LogP contribution < -0.4 is 5.73 Å². The summed E-state index contributed by atoms with van der Waals surface area (Å²) in [6.07, 6.45) is 0.528. The van der Waals surface area contributed by atoms with Gasteiger partial charge in [0.05, 0.1) is 17.1 Å². The van der Waals surface area contributed by atoms with Gasteiger partial charge in [-0.25, -0.2) is 0 Å². The zero-order valence-corrected chi connectivity index (χ0v) is 13.2. The predicted molar refractivity (Wildman–Crippen MR) is 98.2 cm³/mol. The number of aromatic nitrogens is 1. The van der Waals surface area contributed by atoms with Gasteiger partial charge in [-0.2, -0.15) is 0 Å². The number of para-hydroxylation sites is 2. The number of nitrogens with two attached hydrogens (primary N) is 1. The normalized spacial score (nSPS) is 12.5. The van der Waals surface area contributed by atoms with Crippen LogP contribution in [0.3, 0.4) is 0 Å². The molecule has 1 aromatic heterocycles. The van der Waals surface area contributed by atoms with Gasteiger partial charge in [-0.15, -0.1) is 0 Å². The van der Waals surface area contributed by atoms with Crippen LogP contribution in [0.25, 0.3) is 21.8 Å². The van der Waals surface area contributed by atoms with Crippen molar-refractivity contribution >= 4 is 27.7 Å². The van der Waals surface area contributed by atoms with E-state index in [2.05, 4.69) is 0 Å². The van der Waals surface area contributed by atoms with Crippen molar-refractivity contribution in [2.45, 2.75) is 12.5 Å². The number of rotatable bonds is 3. The highest BCUT2D eigenvalue weighted by atomic mass is 16.2. The maximum absolute atomic E-state index is 13.1. The van der Waals surface area contributed by atoms with Crippen molar-refractivity contribution in [3.63, 3.8) is 0 Å². The fraction of sp³-hybridized carbons (Fsp3) is 0.0952. The molecule has 3 nitrogen and oxygen atoms in total. The summed E-state index contributed by atoms with van der Waals surface area (Å²) in [6.45, 7) is 0. The van der Waals surface area contributed by atoms with Crippen LogP contribution in [0.15, 0.2) is 78.9 Å². The number of carbonyl (C=O) groups excluding carboxylic acids is 1. The molecule has 0 fully saturated rings. The third-order valence-electron chi connectivity index (χ3n) is 4.42. The van der Waals surface area contributed by atoms with Gasteiger partial charge in [0, 0.05) is 10.8 Å². The Balaban J connectivity index is 1.81. The topological polar surface area (TPSA) is 48.0 Å². The molecule has 3 aromatic carbocycles. The average molecular weight is 314 g/mol. The van der Waals surface area contributed by atoms with Crippen molar-refractivity contribution in [2.24, 2.45) is 5.73 Å². The lowest BCUT2D eigenvalue weighted by Crippen LogP contribution is -2.36. The summed E-state index contributed by atoms with van der Waals surface area (Å²) >= 11 is 0. The monoisotopic (exact) mass is 314 g/mol. The van der Waals surface area contributed by atoms with Crippen LogP contribution in [0.2, 0.25) is 0 Å². The molecule has 1 atom stereocenters. The molecule has 118 valence electrons. The standard InChI is InChI=1S/C21H18N2O/c22-18(14-15-8-2-1-3-9-15)21(24)23-19-12-6-4-10-16(19)17-11-5-7-13-20(17)23/h1-13,18H,14,22H2. The summed E-state index contributed by atoms with van der Waals surface area (Å²) in [4.78, 5) is 13.1. The van der Waals surface area contributed by atoms with Crippen LogP contribution in [0.4, 0.5) is 0 Å². The Hall–Kier alpha value is -2.91. The third kappa shape index (κ3) is 2.39. The number of hydrogen-bond acceptors (Lipinski definition) is 2. The average Bonchev–Trinajstić information content (AvgIpc) is 2.96. The summed E-state index contributed by atoms with van der Waals surface area (Å²) in [6, 6.07) is 25.2. The Morgan fingerprint density at radius 3 is 1.88 bits per heavy atom. The van der Waals surface area contributed by atoms with Gasteiger partial charge in [0.1, 0.15) is 0 Å². The second-order valence-corrected chi connectivity index (χ2v) is 6.00. The quantitative estimate of drug-likeness (QED) is 0.621. The van der Waals surface area contributed by atoms with E-state index in [0.717, 1.165) is 27.4 Å². The first-order valence-corrected chi connectivity index (χ1v) is 8.07. The van der Waals surface area contributed by atoms with E-state index in [1.54, 1.807) is 4.57 Å². The Bertz CT molecular complexity index is 965. The lowest BCUT2D eigenvalue weighted by atomic mass is 10.1. The Morgan fingerprint density at radius 1 is 0.792 bits per heavy atom. The van der Waals surface area contributed by atoms with E-state index < -0.39 is 6.04 Å². The molecule has 24 heavy (non-hydrogen) atoms. The van der Waals surface area contributed by atoms with Crippen molar-refractivity contribution in [1.29, 1.82) is 0 Å². The fourth-order valence-corrected chi connectivity index (χ4v) is 3.28. The van der Waals surface area contributed by atoms with Crippen molar-refractivity contribution in [3.8, 4) is 0 Å². The van der Waals surface area contributed by atoms with Gasteiger partial charge >= 0.3 is 0 Å². The molecule has 0 aliphatic rings. The van der Waals surface area contributed by atoms with Crippen LogP contribution in [-0.2, 0) is 6.42 Å². The van der Waals surface area contributed by atoms with E-state index in [-0.39, 0.29) is 5.91 Å². The lowest BCUT2D eigenvalue weighted by Gasteiger charge is -2.13. The van der Waals surface area contributed by atoms with Crippen LogP contribution in [-0.4, -0.2) is 16.5 Å². The first-order chi connectivity index (χ1) is 11.8. The summed E-state index contributed by atoms with van der Waals surface area (Å²) < 4.78 is 1.76. The van der Waals surface area contributed by atoms with Crippen molar-refractivity contribution in [1.82, 2.24) is 4.57 Å². The van der Waals surface area contributed by atoms with Gasteiger partial charge in [-0.3, -0.25) is 9.36 Å². The molecule has 4 aromatic rings. The summed E-state index contributed by atoms with van der Waals surface area (Å²) in [5.41, 5.74) is 9.14. The largest absolute Gasteiger partial charge is 0.320 e. The smallest absolute Gasteiger partial charge is 0.248 e. The molecule has 0 bridgehead atoms. The fourth-order valence-electron chi connectivity index (χ4n) is 3.28. The highest BCUT2D eigenvalue weighted by Gasteiger charge is 2.21. The van der Waals surface area contributed by atoms with Gasteiger partial charge in [0.15, 0.2) is 0 Å². The summed E-state index contributed by atoms with van der Waals surface area (Å²) in [5, 5.41) is 2.15. The van der Waals surface area contributed by atoms with Crippen LogP contribution in [0.1, 0.15) is 10.4 Å². The Labute approximate surface area is 140 Å². The molecule has 0 radical (unpaired) electrons. The van der Waals surface area contributed by atoms with Crippen molar-refractivity contribution in [3.05, 3.63) is 84.4 Å². The van der Waals surface area contributed by atoms with Crippen LogP contribution in [0.5, 0.6) is 0 Å². The van der Waals surface area contributed by atoms with Crippen LogP contribution in [0, 0.1) is 0 Å². The van der Waals surface area contributed by atoms with E-state index in [1.165, 1.54) is 0 Å². The molecule has 0 saturated carbocycles. The maximum Gasteiger partial charge on any atom is 0.248 e. The molecule has 0 aliphatic carbocycles. The summed E-state index contributed by atoms with van der Waals surface area (Å²) in [7, 11) is 0. The SMILES string of the molecule is NC(Cc1ccccc1)C(=O)n1c2ccccc2c2ccccc21. The molecule has 4 rings (SSSR count). The van der Waals surface area contributed by atoms with Crippen molar-refractivity contribution < 1.29 is 4.79 Å². The summed E-state index contributed by atoms with van der Waals surface area (Å²) in [5.74, 6) is -0.0729. The molecule has 0 spiro atoms. The highest BCUT2D eigenvalue weighted by Crippen LogP contribution is 2.28. The highest BCUT2D eigenvalue weighted by molar-refractivity contribution is 6.13. The van der Waals surface area contributed by atoms with Gasteiger partial charge in [-0.05, 0) is 24.1 Å². The van der Waals surface area contributed by atoms with E-state index in [0.29, 0.717) is 6.42 Å². The van der Waals surface area contributed by atoms with Gasteiger partial charge < -0.3 is 5.73 Å². The number of fused-ring (bicyclic) bond motifs is 3. The minimum Gasteiger partial charge on any atom is -0.320 e. The molecular weight excluding hydrogens is 296 g/mol. The predicted octanol–water partition coefficient (Wildman–Crippen LogP) is 4.00. The molecule has 3 heteroatoms. The van der Waals surface area contributed by atoms with Gasteiger partial charge in [-0.1, -0.05) is 66.7 Å². The molecule has 1 unspecified atom stereocenters. The molecule has 0 amide bonds. The van der Waals surface area contributed by atoms with Gasteiger partial charge in [0.25, 0.3) is 0 Å². The number of hydrogen-bond donors (Lipinski definition) is 1. The van der Waals surface area contributed by atoms with E-state index in [4.69, 9.17) is 5.73 Å². The first kappa shape index (κ1) is 14.7. The molecule has 0 aliphatic heterocycles. The van der Waals surface area contributed by atoms with Crippen molar-refractivity contribution in [2.75, 3.05) is 0 Å². The molecule has 2 N–H and O–H groups in total. The zero-order valence-electron chi connectivity index (χ0n) is 13.2. The maximum atomic E-state index is 13.1. The Kier molecular flexibility index (Phi) is 3.63.